The van der Waals surface area contributed by atoms with Crippen LogP contribution in [0.1, 0.15) is 38.6 Å². The van der Waals surface area contributed by atoms with Crippen molar-refractivity contribution in [1.29, 1.82) is 0 Å². The second kappa shape index (κ2) is 10.7. The van der Waals surface area contributed by atoms with Crippen LogP contribution in [-0.2, 0) is 16.6 Å². The predicted molar refractivity (Wildman–Crippen MR) is 148 cm³/mol. The molecule has 4 aromatic heterocycles. The summed E-state index contributed by atoms with van der Waals surface area (Å²) in [6, 6.07) is 18.3. The molecule has 0 saturated heterocycles. The zero-order chi connectivity index (χ0) is 28.5. The summed E-state index contributed by atoms with van der Waals surface area (Å²) < 4.78 is 58.1. The Morgan fingerprint density at radius 1 is 0.950 bits per heavy atom. The number of pyridine rings is 2. The van der Waals surface area contributed by atoms with Gasteiger partial charge in [-0.3, -0.25) is 14.4 Å². The molecule has 2 N–H and O–H groups in total. The van der Waals surface area contributed by atoms with E-state index in [2.05, 4.69) is 30.2 Å². The Morgan fingerprint density at radius 2 is 1.70 bits per heavy atom. The van der Waals surface area contributed by atoms with E-state index in [0.717, 1.165) is 22.9 Å². The largest absolute Gasteiger partial charge is 0.361 e. The second-order valence-electron chi connectivity index (χ2n) is 10.1. The monoisotopic (exact) mass is 563 g/mol. The minimum absolute atomic E-state index is 0.211. The molecular formula is C28H27F2N7O2S. The van der Waals surface area contributed by atoms with Gasteiger partial charge in [-0.05, 0) is 50.6 Å². The average Bonchev–Trinajstić information content (AvgIpc) is 3.37. The van der Waals surface area contributed by atoms with Crippen molar-refractivity contribution in [2.24, 2.45) is 0 Å². The number of halogens is 2. The number of nitrogens with one attached hydrogen (secondary N) is 2. The number of aromatic nitrogens is 5. The molecule has 206 valence electrons. The van der Waals surface area contributed by atoms with Crippen LogP contribution in [0.4, 0.5) is 14.6 Å². The van der Waals surface area contributed by atoms with E-state index in [9.17, 15) is 17.2 Å². The van der Waals surface area contributed by atoms with Gasteiger partial charge in [0.2, 0.25) is 10.0 Å². The van der Waals surface area contributed by atoms with Gasteiger partial charge in [0.15, 0.2) is 11.6 Å². The maximum Gasteiger partial charge on any atom is 0.281 e. The molecule has 0 spiro atoms. The van der Waals surface area contributed by atoms with E-state index in [1.807, 2.05) is 54.6 Å². The second-order valence-corrected chi connectivity index (χ2v) is 11.8. The lowest BCUT2D eigenvalue weighted by Crippen LogP contribution is -2.41. The number of alkyl halides is 2. The summed E-state index contributed by atoms with van der Waals surface area (Å²) in [7, 11) is -4.33. The van der Waals surface area contributed by atoms with Gasteiger partial charge in [0.1, 0.15) is 10.6 Å². The summed E-state index contributed by atoms with van der Waals surface area (Å²) >= 11 is 0. The Hall–Kier alpha value is -4.29. The van der Waals surface area contributed by atoms with E-state index in [4.69, 9.17) is 0 Å². The molecule has 5 rings (SSSR count). The summed E-state index contributed by atoms with van der Waals surface area (Å²) in [5.74, 6) is 0.707. The molecule has 0 amide bonds. The zero-order valence-electron chi connectivity index (χ0n) is 22.0. The number of sulfonamides is 1. The molecule has 0 bridgehead atoms. The Balaban J connectivity index is 1.67. The van der Waals surface area contributed by atoms with Crippen molar-refractivity contribution in [2.75, 3.05) is 5.32 Å². The van der Waals surface area contributed by atoms with Crippen LogP contribution in [0.2, 0.25) is 0 Å². The molecule has 0 aliphatic heterocycles. The lowest BCUT2D eigenvalue weighted by molar-refractivity contribution is 0.142. The van der Waals surface area contributed by atoms with E-state index >= 15 is 0 Å². The summed E-state index contributed by atoms with van der Waals surface area (Å²) in [6.07, 6.45) is 1.56. The quantitative estimate of drug-likeness (QED) is 0.257. The minimum Gasteiger partial charge on any atom is -0.361 e. The van der Waals surface area contributed by atoms with Crippen LogP contribution in [0, 0.1) is 0 Å². The third-order valence-corrected chi connectivity index (χ3v) is 7.70. The highest BCUT2D eigenvalue weighted by Gasteiger charge is 2.30. The standard InChI is InChI=1S/C28H27F2N7O2S/c1-28(2,3)36-40(38,39)22-15-19(16-32-23(22)25(29)30)27-35-34-26(33-17-20-11-7-8-13-31-20)24-21(12-14-37(24)27)18-9-5-4-6-10-18/h4-16,25,36H,17H2,1-3H3,(H,33,34). The van der Waals surface area contributed by atoms with Crippen molar-refractivity contribution >= 4 is 21.4 Å². The van der Waals surface area contributed by atoms with E-state index < -0.39 is 32.6 Å². The maximum atomic E-state index is 13.8. The van der Waals surface area contributed by atoms with Crippen molar-refractivity contribution < 1.29 is 17.2 Å². The van der Waals surface area contributed by atoms with Gasteiger partial charge in [-0.2, -0.15) is 0 Å². The molecule has 0 aliphatic rings. The highest BCUT2D eigenvalue weighted by Crippen LogP contribution is 2.34. The first-order valence-electron chi connectivity index (χ1n) is 12.4. The average molecular weight is 564 g/mol. The molecule has 0 unspecified atom stereocenters. The van der Waals surface area contributed by atoms with Gasteiger partial charge in [0.25, 0.3) is 6.43 Å². The maximum absolute atomic E-state index is 13.8. The Kier molecular flexibility index (Phi) is 7.30. The number of hydrogen-bond acceptors (Lipinski definition) is 7. The summed E-state index contributed by atoms with van der Waals surface area (Å²) in [5.41, 5.74) is 1.72. The van der Waals surface area contributed by atoms with Crippen LogP contribution in [0.15, 0.2) is 84.1 Å². The van der Waals surface area contributed by atoms with E-state index in [-0.39, 0.29) is 11.4 Å². The van der Waals surface area contributed by atoms with Crippen molar-refractivity contribution in [3.63, 3.8) is 0 Å². The van der Waals surface area contributed by atoms with Crippen LogP contribution >= 0.6 is 0 Å². The van der Waals surface area contributed by atoms with Gasteiger partial charge in [-0.15, -0.1) is 10.2 Å². The third kappa shape index (κ3) is 5.68. The summed E-state index contributed by atoms with van der Waals surface area (Å²) in [6.45, 7) is 5.26. The highest BCUT2D eigenvalue weighted by atomic mass is 32.2. The van der Waals surface area contributed by atoms with Crippen LogP contribution < -0.4 is 10.0 Å². The normalized spacial score (nSPS) is 12.2. The summed E-state index contributed by atoms with van der Waals surface area (Å²) in [5, 5.41) is 12.1. The Morgan fingerprint density at radius 3 is 2.38 bits per heavy atom. The smallest absolute Gasteiger partial charge is 0.281 e. The van der Waals surface area contributed by atoms with Crippen molar-refractivity contribution in [3.8, 4) is 22.5 Å². The minimum atomic E-state index is -4.33. The number of fused-ring (bicyclic) bond motifs is 1. The predicted octanol–water partition coefficient (Wildman–Crippen LogP) is 5.48. The van der Waals surface area contributed by atoms with E-state index in [1.54, 1.807) is 37.6 Å². The van der Waals surface area contributed by atoms with Gasteiger partial charge in [-0.1, -0.05) is 36.4 Å². The van der Waals surface area contributed by atoms with Gasteiger partial charge in [0.05, 0.1) is 17.8 Å². The van der Waals surface area contributed by atoms with E-state index in [0.29, 0.717) is 17.9 Å². The lowest BCUT2D eigenvalue weighted by Gasteiger charge is -2.21. The van der Waals surface area contributed by atoms with Gasteiger partial charge < -0.3 is 5.32 Å². The first kappa shape index (κ1) is 27.3. The lowest BCUT2D eigenvalue weighted by atomic mass is 10.1. The first-order valence-corrected chi connectivity index (χ1v) is 13.9. The first-order chi connectivity index (χ1) is 19.0. The van der Waals surface area contributed by atoms with Crippen molar-refractivity contribution in [3.05, 3.63) is 90.6 Å². The molecule has 1 aromatic carbocycles. The molecule has 0 atom stereocenters. The number of rotatable bonds is 8. The Bertz CT molecular complexity index is 1750. The molecule has 4 heterocycles. The van der Waals surface area contributed by atoms with Crippen LogP contribution in [0.25, 0.3) is 28.0 Å². The van der Waals surface area contributed by atoms with Gasteiger partial charge in [-0.25, -0.2) is 21.9 Å². The topological polar surface area (TPSA) is 114 Å². The Labute approximate surface area is 230 Å². The molecule has 0 radical (unpaired) electrons. The van der Waals surface area contributed by atoms with Crippen LogP contribution in [0.5, 0.6) is 0 Å². The molecule has 12 heteroatoms. The van der Waals surface area contributed by atoms with Crippen LogP contribution in [0.3, 0.4) is 0 Å². The molecule has 0 aliphatic carbocycles. The molecule has 0 saturated carbocycles. The molecule has 9 nitrogen and oxygen atoms in total. The van der Waals surface area contributed by atoms with Crippen molar-refractivity contribution in [2.45, 2.75) is 44.2 Å². The number of nitrogens with zero attached hydrogens (tertiary/aromatic N) is 5. The highest BCUT2D eigenvalue weighted by molar-refractivity contribution is 7.89. The molecule has 0 fully saturated rings. The fourth-order valence-corrected chi connectivity index (χ4v) is 5.92. The summed E-state index contributed by atoms with van der Waals surface area (Å²) in [4.78, 5) is 7.57. The number of anilines is 1. The van der Waals surface area contributed by atoms with Crippen LogP contribution in [-0.4, -0.2) is 38.5 Å². The fourth-order valence-electron chi connectivity index (χ4n) is 4.30. The number of hydrogen-bond donors (Lipinski definition) is 2. The zero-order valence-corrected chi connectivity index (χ0v) is 22.8. The fraction of sp³-hybridized carbons (Fsp3) is 0.214. The molecular weight excluding hydrogens is 536 g/mol. The third-order valence-electron chi connectivity index (χ3n) is 5.91. The SMILES string of the molecule is CC(C)(C)NS(=O)(=O)c1cc(-c2nnc(NCc3ccccn3)c3c(-c4ccccc4)ccn23)cnc1C(F)F. The van der Waals surface area contributed by atoms with Gasteiger partial charge >= 0.3 is 0 Å². The molecule has 5 aromatic rings. The van der Waals surface area contributed by atoms with Gasteiger partial charge in [0, 0.05) is 35.3 Å². The molecule has 40 heavy (non-hydrogen) atoms. The van der Waals surface area contributed by atoms with Crippen molar-refractivity contribution in [1.82, 2.24) is 29.3 Å². The van der Waals surface area contributed by atoms with E-state index in [1.165, 1.54) is 6.20 Å². The number of benzene rings is 1.